The average Bonchev–Trinajstić information content (AvgIpc) is 2.69. The predicted molar refractivity (Wildman–Crippen MR) is 120 cm³/mol. The van der Waals surface area contributed by atoms with Gasteiger partial charge in [-0.15, -0.1) is 0 Å². The maximum absolute atomic E-state index is 7.37. The van der Waals surface area contributed by atoms with E-state index >= 15 is 0 Å². The Morgan fingerprint density at radius 1 is 0.897 bits per heavy atom. The topological polar surface area (TPSA) is 159 Å². The molecule has 8 nitrogen and oxygen atoms in total. The summed E-state index contributed by atoms with van der Waals surface area (Å²) in [7, 11) is 0. The molecule has 0 aliphatic carbocycles. The van der Waals surface area contributed by atoms with Crippen molar-refractivity contribution < 1.29 is 4.74 Å². The molecule has 162 valence electrons. The third kappa shape index (κ3) is 13.2. The maximum Gasteiger partial charge on any atom is 0.188 e. The van der Waals surface area contributed by atoms with Gasteiger partial charge in [0.05, 0.1) is 19.0 Å². The number of aliphatic imine (C=N–C) groups is 1. The Morgan fingerprint density at radius 3 is 2.14 bits per heavy atom. The molecule has 0 aromatic heterocycles. The lowest BCUT2D eigenvalue weighted by molar-refractivity contribution is 0.125. The van der Waals surface area contributed by atoms with Crippen LogP contribution >= 0.6 is 0 Å². The molecule has 0 bridgehead atoms. The smallest absolute Gasteiger partial charge is 0.188 e. The summed E-state index contributed by atoms with van der Waals surface area (Å²) >= 11 is 0. The van der Waals surface area contributed by atoms with Gasteiger partial charge >= 0.3 is 0 Å². The number of nitrogen functional groups attached to an aromatic ring is 1. The highest BCUT2D eigenvalue weighted by molar-refractivity contribution is 5.94. The monoisotopic (exact) mass is 403 g/mol. The quantitative estimate of drug-likeness (QED) is 0.142. The zero-order chi connectivity index (χ0) is 21.3. The van der Waals surface area contributed by atoms with Crippen LogP contribution in [0, 0.1) is 10.8 Å². The highest BCUT2D eigenvalue weighted by Crippen LogP contribution is 2.08. The van der Waals surface area contributed by atoms with Crippen LogP contribution in [-0.2, 0) is 11.3 Å². The Kier molecular flexibility index (Phi) is 12.9. The van der Waals surface area contributed by atoms with Gasteiger partial charge in [-0.2, -0.15) is 0 Å². The summed E-state index contributed by atoms with van der Waals surface area (Å²) in [5.74, 6) is 0.822. The summed E-state index contributed by atoms with van der Waals surface area (Å²) in [5.41, 5.74) is 18.4. The van der Waals surface area contributed by atoms with Crippen molar-refractivity contribution in [3.05, 3.63) is 35.4 Å². The third-order valence-electron chi connectivity index (χ3n) is 4.47. The van der Waals surface area contributed by atoms with E-state index < -0.39 is 0 Å². The molecule has 0 unspecified atom stereocenters. The molecule has 1 aromatic carbocycles. The van der Waals surface area contributed by atoms with Crippen molar-refractivity contribution >= 4 is 17.6 Å². The molecule has 1 aromatic rings. The number of ether oxygens (including phenoxy) is 1. The van der Waals surface area contributed by atoms with Gasteiger partial charge in [-0.3, -0.25) is 15.8 Å². The van der Waals surface area contributed by atoms with Gasteiger partial charge in [-0.25, -0.2) is 0 Å². The van der Waals surface area contributed by atoms with Gasteiger partial charge in [0.1, 0.15) is 5.84 Å². The minimum Gasteiger partial charge on any atom is -0.388 e. The zero-order valence-corrected chi connectivity index (χ0v) is 17.4. The number of hydrogen-bond donors (Lipinski definition) is 6. The van der Waals surface area contributed by atoms with Crippen LogP contribution < -0.4 is 22.5 Å². The van der Waals surface area contributed by atoms with Crippen LogP contribution in [-0.4, -0.2) is 37.3 Å². The molecule has 9 N–H and O–H groups in total. The van der Waals surface area contributed by atoms with Gasteiger partial charge in [0.25, 0.3) is 0 Å². The van der Waals surface area contributed by atoms with Crippen molar-refractivity contribution in [3.63, 3.8) is 0 Å². The first-order valence-corrected chi connectivity index (χ1v) is 10.4. The van der Waals surface area contributed by atoms with E-state index in [9.17, 15) is 0 Å². The van der Waals surface area contributed by atoms with Crippen LogP contribution in [0.5, 0.6) is 0 Å². The normalized spacial score (nSPS) is 11.4. The maximum atomic E-state index is 7.37. The lowest BCUT2D eigenvalue weighted by Crippen LogP contribution is -2.34. The molecule has 0 amide bonds. The molecular formula is C21H37N7O. The Balaban J connectivity index is 1.96. The molecule has 1 rings (SSSR count). The van der Waals surface area contributed by atoms with E-state index in [-0.39, 0.29) is 5.84 Å². The summed E-state index contributed by atoms with van der Waals surface area (Å²) in [6.45, 7) is 2.40. The number of hydrogen-bond acceptors (Lipinski definition) is 4. The first-order valence-electron chi connectivity index (χ1n) is 10.4. The number of amidine groups is 2. The lowest BCUT2D eigenvalue weighted by atomic mass is 10.1. The highest BCUT2D eigenvalue weighted by atomic mass is 16.5. The fraction of sp³-hybridized carbons (Fsp3) is 0.571. The Morgan fingerprint density at radius 2 is 1.52 bits per heavy atom. The number of rotatable bonds is 16. The summed E-state index contributed by atoms with van der Waals surface area (Å²) in [4.78, 5) is 4.33. The van der Waals surface area contributed by atoms with Gasteiger partial charge < -0.3 is 27.3 Å². The van der Waals surface area contributed by atoms with Gasteiger partial charge in [0.2, 0.25) is 0 Å². The summed E-state index contributed by atoms with van der Waals surface area (Å²) in [6.07, 6.45) is 8.76. The number of unbranched alkanes of at least 4 members (excludes halogenated alkanes) is 6. The second kappa shape index (κ2) is 15.3. The highest BCUT2D eigenvalue weighted by Gasteiger charge is 1.98. The molecule has 0 aliphatic rings. The first kappa shape index (κ1) is 24.4. The molecule has 0 spiro atoms. The molecule has 8 heteroatoms. The van der Waals surface area contributed by atoms with Gasteiger partial charge in [0.15, 0.2) is 5.96 Å². The van der Waals surface area contributed by atoms with E-state index in [0.29, 0.717) is 37.1 Å². The summed E-state index contributed by atoms with van der Waals surface area (Å²) in [6, 6.07) is 7.45. The second-order valence-corrected chi connectivity index (χ2v) is 7.11. The fourth-order valence-electron chi connectivity index (χ4n) is 2.79. The molecule has 29 heavy (non-hydrogen) atoms. The molecule has 0 atom stereocenters. The molecule has 0 aliphatic heterocycles. The van der Waals surface area contributed by atoms with E-state index in [2.05, 4.69) is 10.3 Å². The molecule has 0 radical (unpaired) electrons. The minimum atomic E-state index is 0.0672. The average molecular weight is 404 g/mol. The Labute approximate surface area is 174 Å². The van der Waals surface area contributed by atoms with Crippen molar-refractivity contribution in [2.24, 2.45) is 22.2 Å². The number of nitrogens with two attached hydrogens (primary N) is 3. The van der Waals surface area contributed by atoms with E-state index in [0.717, 1.165) is 44.2 Å². The van der Waals surface area contributed by atoms with E-state index in [1.165, 1.54) is 19.3 Å². The van der Waals surface area contributed by atoms with Crippen LogP contribution in [0.1, 0.15) is 62.5 Å². The van der Waals surface area contributed by atoms with Crippen LogP contribution in [0.15, 0.2) is 29.3 Å². The standard InChI is InChI=1S/C21H37N7O/c22-19(23)8-6-4-2-1-3-5-7-13-27-21(26)28-14-15-29-16-17-9-11-18(12-10-17)20(24)25/h9-12H,1-8,13-16H2,(H3,22,23)(H3,24,25)(H3,26,27,28). The van der Waals surface area contributed by atoms with Gasteiger partial charge in [-0.1, -0.05) is 56.4 Å². The Bertz CT molecular complexity index is 628. The second-order valence-electron chi connectivity index (χ2n) is 7.11. The fourth-order valence-corrected chi connectivity index (χ4v) is 2.79. The number of nitrogens with one attached hydrogen (secondary N) is 3. The number of guanidine groups is 1. The molecule has 0 saturated carbocycles. The minimum absolute atomic E-state index is 0.0672. The van der Waals surface area contributed by atoms with E-state index in [1.807, 2.05) is 24.3 Å². The SMILES string of the molecule is N=C(N)CCCCCCCCCN=C(N)NCCOCc1ccc(C(=N)N)cc1. The van der Waals surface area contributed by atoms with Crippen molar-refractivity contribution in [2.45, 2.75) is 58.0 Å². The number of benzene rings is 1. The van der Waals surface area contributed by atoms with Crippen LogP contribution in [0.2, 0.25) is 0 Å². The molecule has 0 heterocycles. The molecular weight excluding hydrogens is 366 g/mol. The number of nitrogens with zero attached hydrogens (tertiary/aromatic N) is 1. The van der Waals surface area contributed by atoms with Crippen molar-refractivity contribution in [1.29, 1.82) is 10.8 Å². The summed E-state index contributed by atoms with van der Waals surface area (Å²) < 4.78 is 5.60. The predicted octanol–water partition coefficient (Wildman–Crippen LogP) is 2.45. The third-order valence-corrected chi connectivity index (χ3v) is 4.47. The van der Waals surface area contributed by atoms with Crippen molar-refractivity contribution in [3.8, 4) is 0 Å². The van der Waals surface area contributed by atoms with Crippen LogP contribution in [0.3, 0.4) is 0 Å². The van der Waals surface area contributed by atoms with Crippen molar-refractivity contribution in [2.75, 3.05) is 19.7 Å². The van der Waals surface area contributed by atoms with Crippen LogP contribution in [0.25, 0.3) is 0 Å². The van der Waals surface area contributed by atoms with E-state index in [4.69, 9.17) is 32.8 Å². The molecule has 0 saturated heterocycles. The first-order chi connectivity index (χ1) is 14.0. The molecule has 0 fully saturated rings. The van der Waals surface area contributed by atoms with Gasteiger partial charge in [-0.05, 0) is 18.4 Å². The largest absolute Gasteiger partial charge is 0.388 e. The summed E-state index contributed by atoms with van der Waals surface area (Å²) in [5, 5.41) is 17.6. The van der Waals surface area contributed by atoms with Crippen LogP contribution in [0.4, 0.5) is 0 Å². The van der Waals surface area contributed by atoms with Crippen molar-refractivity contribution in [1.82, 2.24) is 5.32 Å². The lowest BCUT2D eigenvalue weighted by Gasteiger charge is -2.07. The Hall–Kier alpha value is -2.61. The van der Waals surface area contributed by atoms with E-state index in [1.54, 1.807) is 0 Å². The van der Waals surface area contributed by atoms with Gasteiger partial charge in [0, 0.05) is 25.1 Å². The zero-order valence-electron chi connectivity index (χ0n) is 17.4.